The summed E-state index contributed by atoms with van der Waals surface area (Å²) in [6.45, 7) is 2.49. The molecule has 0 radical (unpaired) electrons. The van der Waals surface area contributed by atoms with Gasteiger partial charge in [0.25, 0.3) is 17.2 Å². The van der Waals surface area contributed by atoms with Crippen LogP contribution in [0.4, 0.5) is 5.69 Å². The summed E-state index contributed by atoms with van der Waals surface area (Å²) in [7, 11) is 0. The zero-order chi connectivity index (χ0) is 25.7. The number of nitrogens with zero attached hydrogens (tertiary/aromatic N) is 6. The lowest BCUT2D eigenvalue weighted by molar-refractivity contribution is -0.384. The van der Waals surface area contributed by atoms with Crippen molar-refractivity contribution >= 4 is 39.8 Å². The molecule has 0 bridgehead atoms. The molecule has 36 heavy (non-hydrogen) atoms. The molecule has 184 valence electrons. The predicted molar refractivity (Wildman–Crippen MR) is 132 cm³/mol. The summed E-state index contributed by atoms with van der Waals surface area (Å²) in [6.07, 6.45) is 1.07. The summed E-state index contributed by atoms with van der Waals surface area (Å²) in [4.78, 5) is 39.7. The van der Waals surface area contributed by atoms with Gasteiger partial charge in [0.15, 0.2) is 5.11 Å². The Morgan fingerprint density at radius 1 is 1.25 bits per heavy atom. The van der Waals surface area contributed by atoms with E-state index < -0.39 is 16.4 Å². The average Bonchev–Trinajstić information content (AvgIpc) is 3.37. The summed E-state index contributed by atoms with van der Waals surface area (Å²) in [6, 6.07) is 10.6. The highest BCUT2D eigenvalue weighted by atomic mass is 32.1. The van der Waals surface area contributed by atoms with Crippen molar-refractivity contribution in [2.24, 2.45) is 0 Å². The topological polar surface area (TPSA) is 171 Å². The molecule has 0 saturated carbocycles. The average molecular weight is 509 g/mol. The number of benzene rings is 2. The van der Waals surface area contributed by atoms with Crippen molar-refractivity contribution < 1.29 is 14.2 Å². The van der Waals surface area contributed by atoms with E-state index in [2.05, 4.69) is 31.1 Å². The molecular weight excluding hydrogens is 488 g/mol. The second-order valence-electron chi connectivity index (χ2n) is 7.59. The quantitative estimate of drug-likeness (QED) is 0.154. The number of hydrogen-bond acceptors (Lipinski definition) is 10. The Kier molecular flexibility index (Phi) is 7.34. The van der Waals surface area contributed by atoms with Gasteiger partial charge in [-0.3, -0.25) is 25.0 Å². The molecule has 0 aliphatic rings. The lowest BCUT2D eigenvalue weighted by Crippen LogP contribution is -2.40. The second-order valence-corrected chi connectivity index (χ2v) is 7.99. The molecule has 0 unspecified atom stereocenters. The van der Waals surface area contributed by atoms with Gasteiger partial charge in [0.1, 0.15) is 5.52 Å². The fourth-order valence-electron chi connectivity index (χ4n) is 3.29. The summed E-state index contributed by atoms with van der Waals surface area (Å²) < 4.78 is 6.29. The van der Waals surface area contributed by atoms with Crippen molar-refractivity contribution in [3.8, 4) is 11.4 Å². The zero-order valence-corrected chi connectivity index (χ0v) is 19.8. The van der Waals surface area contributed by atoms with Gasteiger partial charge in [-0.25, -0.2) is 4.68 Å². The van der Waals surface area contributed by atoms with E-state index in [1.165, 1.54) is 22.9 Å². The van der Waals surface area contributed by atoms with E-state index in [0.29, 0.717) is 42.2 Å². The van der Waals surface area contributed by atoms with Gasteiger partial charge < -0.3 is 9.84 Å². The molecule has 0 spiro atoms. The molecule has 14 heteroatoms. The minimum atomic E-state index is -0.563. The van der Waals surface area contributed by atoms with Crippen molar-refractivity contribution in [1.29, 1.82) is 0 Å². The smallest absolute Gasteiger partial charge is 0.277 e. The number of aryl methyl sites for hydroxylation is 2. The number of carbonyl (C=O) groups excluding carboxylic acids is 1. The van der Waals surface area contributed by atoms with Crippen molar-refractivity contribution in [3.05, 3.63) is 74.4 Å². The highest BCUT2D eigenvalue weighted by molar-refractivity contribution is 7.80. The van der Waals surface area contributed by atoms with Crippen LogP contribution in [0.2, 0.25) is 0 Å². The van der Waals surface area contributed by atoms with Gasteiger partial charge in [-0.1, -0.05) is 29.4 Å². The van der Waals surface area contributed by atoms with Gasteiger partial charge in [0.2, 0.25) is 11.7 Å². The van der Waals surface area contributed by atoms with Crippen LogP contribution in [0.25, 0.3) is 22.3 Å². The number of amides is 1. The fourth-order valence-corrected chi connectivity index (χ4v) is 3.49. The van der Waals surface area contributed by atoms with E-state index in [-0.39, 0.29) is 28.2 Å². The van der Waals surface area contributed by atoms with E-state index in [4.69, 9.17) is 16.7 Å². The van der Waals surface area contributed by atoms with Crippen molar-refractivity contribution in [2.45, 2.75) is 26.3 Å². The maximum atomic E-state index is 12.6. The van der Waals surface area contributed by atoms with Gasteiger partial charge in [-0.15, -0.1) is 5.10 Å². The number of rotatable bonds is 8. The van der Waals surface area contributed by atoms with Gasteiger partial charge >= 0.3 is 0 Å². The molecule has 0 saturated heterocycles. The summed E-state index contributed by atoms with van der Waals surface area (Å²) in [5, 5.41) is 28.4. The predicted octanol–water partition coefficient (Wildman–Crippen LogP) is 2.01. The highest BCUT2D eigenvalue weighted by Crippen LogP contribution is 2.18. The number of non-ortho nitro benzene ring substituents is 1. The molecule has 0 fully saturated rings. The molecule has 2 aromatic carbocycles. The van der Waals surface area contributed by atoms with Crippen LogP contribution in [-0.2, 0) is 13.0 Å². The van der Waals surface area contributed by atoms with Crippen molar-refractivity contribution in [3.63, 3.8) is 0 Å². The third-order valence-electron chi connectivity index (χ3n) is 5.13. The number of nitro groups is 1. The monoisotopic (exact) mass is 508 g/mol. The van der Waals surface area contributed by atoms with Crippen LogP contribution < -0.4 is 16.2 Å². The largest absolute Gasteiger partial charge is 0.362 e. The van der Waals surface area contributed by atoms with Gasteiger partial charge in [-0.05, 0) is 36.8 Å². The molecule has 13 nitrogen and oxygen atoms in total. The van der Waals surface area contributed by atoms with Crippen LogP contribution in [0.1, 0.15) is 29.6 Å². The van der Waals surface area contributed by atoms with E-state index in [1.54, 1.807) is 24.3 Å². The molecule has 4 aromatic rings. The third-order valence-corrected chi connectivity index (χ3v) is 5.38. The summed E-state index contributed by atoms with van der Waals surface area (Å²) in [5.74, 6) is 0.498. The normalized spacial score (nSPS) is 10.8. The lowest BCUT2D eigenvalue weighted by atomic mass is 10.1. The van der Waals surface area contributed by atoms with E-state index >= 15 is 0 Å². The number of nitrogens with one attached hydrogen (secondary N) is 2. The lowest BCUT2D eigenvalue weighted by Gasteiger charge is -2.10. The molecule has 2 N–H and O–H groups in total. The SMILES string of the molecule is CCc1nc(-c2cccc(C(=O)NC(=S)NCCCn3nnc4cc([N+](=O)[O-])ccc4c3=O)c2)no1. The Morgan fingerprint density at radius 3 is 2.83 bits per heavy atom. The fraction of sp³-hybridized carbons (Fsp3) is 0.227. The Morgan fingerprint density at radius 2 is 2.08 bits per heavy atom. The summed E-state index contributed by atoms with van der Waals surface area (Å²) >= 11 is 5.19. The van der Waals surface area contributed by atoms with E-state index in [9.17, 15) is 19.7 Å². The molecule has 1 amide bonds. The molecule has 0 aliphatic carbocycles. The van der Waals surface area contributed by atoms with E-state index in [0.717, 1.165) is 0 Å². The molecule has 0 atom stereocenters. The first-order valence-electron chi connectivity index (χ1n) is 10.9. The number of aromatic nitrogens is 5. The van der Waals surface area contributed by atoms with Gasteiger partial charge in [-0.2, -0.15) is 4.98 Å². The Balaban J connectivity index is 1.29. The van der Waals surface area contributed by atoms with Crippen LogP contribution in [0, 0.1) is 10.1 Å². The molecule has 4 rings (SSSR count). The Labute approximate surface area is 208 Å². The maximum Gasteiger partial charge on any atom is 0.277 e. The number of thiocarbonyl (C=S) groups is 1. The molecule has 2 heterocycles. The second kappa shape index (κ2) is 10.8. The van der Waals surface area contributed by atoms with Crippen LogP contribution in [0.5, 0.6) is 0 Å². The van der Waals surface area contributed by atoms with Gasteiger partial charge in [0, 0.05) is 42.8 Å². The number of nitro benzene ring substituents is 1. The minimum absolute atomic E-state index is 0.127. The summed E-state index contributed by atoms with van der Waals surface area (Å²) in [5.41, 5.74) is 0.597. The van der Waals surface area contributed by atoms with Crippen LogP contribution in [0.3, 0.4) is 0 Å². The minimum Gasteiger partial charge on any atom is -0.362 e. The van der Waals surface area contributed by atoms with Crippen LogP contribution in [-0.4, -0.2) is 47.6 Å². The highest BCUT2D eigenvalue weighted by Gasteiger charge is 2.13. The van der Waals surface area contributed by atoms with Crippen molar-refractivity contribution in [1.82, 2.24) is 35.8 Å². The first kappa shape index (κ1) is 24.5. The molecule has 2 aromatic heterocycles. The number of fused-ring (bicyclic) bond motifs is 1. The van der Waals surface area contributed by atoms with Crippen molar-refractivity contribution in [2.75, 3.05) is 6.54 Å². The molecule has 0 aliphatic heterocycles. The molecular formula is C22H20N8O5S. The van der Waals surface area contributed by atoms with Crippen LogP contribution in [0.15, 0.2) is 51.8 Å². The first-order chi connectivity index (χ1) is 17.4. The van der Waals surface area contributed by atoms with Gasteiger partial charge in [0.05, 0.1) is 10.3 Å². The van der Waals surface area contributed by atoms with E-state index in [1.807, 2.05) is 6.92 Å². The number of carbonyl (C=O) groups is 1. The standard InChI is InChI=1S/C22H20N8O5S/c1-2-18-24-19(27-35-18)13-5-3-6-14(11-13)20(31)25-22(36)23-9-4-10-29-21(32)16-8-7-15(30(33)34)12-17(16)26-28-29/h3,5-8,11-12H,2,4,9-10H2,1H3,(H2,23,25,31,36). The zero-order valence-electron chi connectivity index (χ0n) is 19.0. The third kappa shape index (κ3) is 5.55. The Hall–Kier alpha value is -4.59. The van der Waals surface area contributed by atoms with Crippen LogP contribution >= 0.6 is 12.2 Å². The Bertz CT molecular complexity index is 1520. The number of hydrogen-bond donors (Lipinski definition) is 2. The maximum absolute atomic E-state index is 12.6. The first-order valence-corrected chi connectivity index (χ1v) is 11.3.